The third-order valence-corrected chi connectivity index (χ3v) is 7.07. The van der Waals surface area contributed by atoms with Crippen LogP contribution in [-0.4, -0.2) is 51.0 Å². The van der Waals surface area contributed by atoms with Crippen LogP contribution in [0.5, 0.6) is 0 Å². The average molecular weight is 439 g/mol. The van der Waals surface area contributed by atoms with Crippen LogP contribution in [0.25, 0.3) is 21.3 Å². The normalized spacial score (nSPS) is 14.5. The Morgan fingerprint density at radius 1 is 1.10 bits per heavy atom. The molecule has 0 amide bonds. The molecule has 0 spiro atoms. The van der Waals surface area contributed by atoms with E-state index in [0.29, 0.717) is 0 Å². The molecule has 0 aliphatic carbocycles. The highest BCUT2D eigenvalue weighted by Gasteiger charge is 2.22. The van der Waals surface area contributed by atoms with Gasteiger partial charge in [0.2, 0.25) is 5.95 Å². The number of fused-ring (bicyclic) bond motifs is 1. The lowest BCUT2D eigenvalue weighted by molar-refractivity contribution is 0.121. The fraction of sp³-hybridized carbons (Fsp3) is 0.333. The van der Waals surface area contributed by atoms with Crippen molar-refractivity contribution in [3.05, 3.63) is 41.5 Å². The first-order valence-electron chi connectivity index (χ1n) is 9.97. The first kappa shape index (κ1) is 19.5. The van der Waals surface area contributed by atoms with Crippen molar-refractivity contribution in [3.63, 3.8) is 0 Å². The summed E-state index contributed by atoms with van der Waals surface area (Å²) >= 11 is 3.20. The van der Waals surface area contributed by atoms with E-state index in [1.807, 2.05) is 0 Å². The van der Waals surface area contributed by atoms with E-state index < -0.39 is 0 Å². The van der Waals surface area contributed by atoms with Crippen molar-refractivity contribution in [2.24, 2.45) is 0 Å². The largest absolute Gasteiger partial charge is 0.378 e. The summed E-state index contributed by atoms with van der Waals surface area (Å²) in [5.41, 5.74) is 3.58. The number of nitrogens with zero attached hydrogens (tertiary/aromatic N) is 6. The number of hydrogen-bond donors (Lipinski definition) is 0. The zero-order valence-electron chi connectivity index (χ0n) is 16.9. The van der Waals surface area contributed by atoms with Crippen LogP contribution in [0.15, 0.2) is 46.2 Å². The maximum atomic E-state index is 5.48. The molecule has 9 heteroatoms. The second kappa shape index (κ2) is 8.33. The summed E-state index contributed by atoms with van der Waals surface area (Å²) in [7, 11) is 0. The van der Waals surface area contributed by atoms with E-state index in [1.54, 1.807) is 29.4 Å². The van der Waals surface area contributed by atoms with Crippen LogP contribution in [0, 0.1) is 6.92 Å². The van der Waals surface area contributed by atoms with E-state index in [2.05, 4.69) is 73.1 Å². The molecule has 0 saturated carbocycles. The van der Waals surface area contributed by atoms with Gasteiger partial charge in [-0.1, -0.05) is 29.8 Å². The Kier molecular flexibility index (Phi) is 5.41. The van der Waals surface area contributed by atoms with Gasteiger partial charge in [-0.05, 0) is 31.2 Å². The standard InChI is InChI=1S/C21H22N6OS2/c1-3-27-20(26-8-10-28-11-9-26)24-25-21(27)30-19-17-16(12-29-18(17)22-13-23-19)15-6-4-14(2)5-7-15/h4-7,12-13H,3,8-11H2,1-2H3. The summed E-state index contributed by atoms with van der Waals surface area (Å²) in [5, 5.41) is 14.0. The van der Waals surface area contributed by atoms with Gasteiger partial charge in [-0.25, -0.2) is 9.97 Å². The molecule has 0 N–H and O–H groups in total. The fourth-order valence-electron chi connectivity index (χ4n) is 3.59. The van der Waals surface area contributed by atoms with Crippen LogP contribution in [0.1, 0.15) is 12.5 Å². The number of morpholine rings is 1. The predicted molar refractivity (Wildman–Crippen MR) is 120 cm³/mol. The van der Waals surface area contributed by atoms with Gasteiger partial charge in [-0.2, -0.15) is 0 Å². The molecule has 0 radical (unpaired) electrons. The van der Waals surface area contributed by atoms with Gasteiger partial charge in [-0.15, -0.1) is 21.5 Å². The Balaban J connectivity index is 1.54. The zero-order chi connectivity index (χ0) is 20.5. The molecule has 0 unspecified atom stereocenters. The van der Waals surface area contributed by atoms with Crippen LogP contribution in [-0.2, 0) is 11.3 Å². The molecule has 5 rings (SSSR count). The summed E-state index contributed by atoms with van der Waals surface area (Å²) in [6.07, 6.45) is 1.63. The number of ether oxygens (including phenoxy) is 1. The molecule has 1 fully saturated rings. The van der Waals surface area contributed by atoms with Crippen LogP contribution in [0.4, 0.5) is 5.95 Å². The Labute approximate surface area is 183 Å². The van der Waals surface area contributed by atoms with Crippen molar-refractivity contribution in [2.75, 3.05) is 31.2 Å². The Morgan fingerprint density at radius 2 is 1.90 bits per heavy atom. The zero-order valence-corrected chi connectivity index (χ0v) is 18.5. The summed E-state index contributed by atoms with van der Waals surface area (Å²) in [6, 6.07) is 8.59. The van der Waals surface area contributed by atoms with Gasteiger partial charge in [0.1, 0.15) is 16.2 Å². The second-order valence-corrected chi connectivity index (χ2v) is 8.92. The van der Waals surface area contributed by atoms with Gasteiger partial charge in [0.05, 0.1) is 18.6 Å². The molecule has 0 bridgehead atoms. The Bertz CT molecular complexity index is 1160. The molecule has 0 atom stereocenters. The minimum absolute atomic E-state index is 0.723. The molecule has 154 valence electrons. The molecule has 1 aromatic carbocycles. The highest BCUT2D eigenvalue weighted by Crippen LogP contribution is 2.40. The maximum absolute atomic E-state index is 5.48. The van der Waals surface area contributed by atoms with Crippen molar-refractivity contribution in [2.45, 2.75) is 30.6 Å². The van der Waals surface area contributed by atoms with Gasteiger partial charge < -0.3 is 9.64 Å². The smallest absolute Gasteiger partial charge is 0.228 e. The number of aryl methyl sites for hydroxylation is 1. The maximum Gasteiger partial charge on any atom is 0.228 e. The molecule has 3 aromatic heterocycles. The third-order valence-electron chi connectivity index (χ3n) is 5.19. The molecule has 1 aliphatic heterocycles. The van der Waals surface area contributed by atoms with E-state index in [-0.39, 0.29) is 0 Å². The van der Waals surface area contributed by atoms with Crippen molar-refractivity contribution in [3.8, 4) is 11.1 Å². The minimum Gasteiger partial charge on any atom is -0.378 e. The van der Waals surface area contributed by atoms with Crippen LogP contribution >= 0.6 is 23.1 Å². The molecule has 1 saturated heterocycles. The third kappa shape index (κ3) is 3.57. The number of hydrogen-bond acceptors (Lipinski definition) is 8. The Hall–Kier alpha value is -2.49. The SMILES string of the molecule is CCn1c(Sc2ncnc3scc(-c4ccc(C)cc4)c23)nnc1N1CCOCC1. The van der Waals surface area contributed by atoms with Gasteiger partial charge >= 0.3 is 0 Å². The molecular formula is C21H22N6OS2. The van der Waals surface area contributed by atoms with Crippen molar-refractivity contribution in [1.29, 1.82) is 0 Å². The highest BCUT2D eigenvalue weighted by atomic mass is 32.2. The molecular weight excluding hydrogens is 416 g/mol. The lowest BCUT2D eigenvalue weighted by Crippen LogP contribution is -2.38. The van der Waals surface area contributed by atoms with E-state index in [0.717, 1.165) is 64.8 Å². The van der Waals surface area contributed by atoms with Gasteiger partial charge in [0, 0.05) is 30.6 Å². The Morgan fingerprint density at radius 3 is 2.67 bits per heavy atom. The van der Waals surface area contributed by atoms with Crippen molar-refractivity contribution in [1.82, 2.24) is 24.7 Å². The summed E-state index contributed by atoms with van der Waals surface area (Å²) in [5.74, 6) is 0.901. The monoisotopic (exact) mass is 438 g/mol. The van der Waals surface area contributed by atoms with Gasteiger partial charge in [0.15, 0.2) is 5.16 Å². The molecule has 4 aromatic rings. The summed E-state index contributed by atoms with van der Waals surface area (Å²) in [6.45, 7) is 8.13. The topological polar surface area (TPSA) is 69.0 Å². The minimum atomic E-state index is 0.723. The van der Waals surface area contributed by atoms with E-state index >= 15 is 0 Å². The van der Waals surface area contributed by atoms with Crippen LogP contribution in [0.3, 0.4) is 0 Å². The number of aromatic nitrogens is 5. The summed E-state index contributed by atoms with van der Waals surface area (Å²) < 4.78 is 7.63. The highest BCUT2D eigenvalue weighted by molar-refractivity contribution is 7.99. The van der Waals surface area contributed by atoms with E-state index in [4.69, 9.17) is 4.74 Å². The van der Waals surface area contributed by atoms with E-state index in [9.17, 15) is 0 Å². The number of rotatable bonds is 5. The second-order valence-electron chi connectivity index (χ2n) is 7.10. The van der Waals surface area contributed by atoms with Gasteiger partial charge in [-0.3, -0.25) is 4.57 Å². The molecule has 7 nitrogen and oxygen atoms in total. The van der Waals surface area contributed by atoms with Crippen molar-refractivity contribution >= 4 is 39.3 Å². The van der Waals surface area contributed by atoms with Crippen LogP contribution < -0.4 is 4.90 Å². The quantitative estimate of drug-likeness (QED) is 0.431. The molecule has 1 aliphatic rings. The fourth-order valence-corrected chi connectivity index (χ4v) is 5.55. The molecule has 30 heavy (non-hydrogen) atoms. The first-order chi connectivity index (χ1) is 14.7. The lowest BCUT2D eigenvalue weighted by atomic mass is 10.1. The van der Waals surface area contributed by atoms with Crippen LogP contribution in [0.2, 0.25) is 0 Å². The van der Waals surface area contributed by atoms with Gasteiger partial charge in [0.25, 0.3) is 0 Å². The number of thiophene rings is 1. The average Bonchev–Trinajstić information content (AvgIpc) is 3.40. The predicted octanol–water partition coefficient (Wildman–Crippen LogP) is 4.27. The summed E-state index contributed by atoms with van der Waals surface area (Å²) in [4.78, 5) is 12.3. The van der Waals surface area contributed by atoms with Crippen molar-refractivity contribution < 1.29 is 4.74 Å². The number of benzene rings is 1. The lowest BCUT2D eigenvalue weighted by Gasteiger charge is -2.27. The first-order valence-corrected chi connectivity index (χ1v) is 11.7. The van der Waals surface area contributed by atoms with E-state index in [1.165, 1.54) is 11.1 Å². The molecule has 4 heterocycles. The number of anilines is 1.